The maximum atomic E-state index is 11.3. The lowest BCUT2D eigenvalue weighted by Gasteiger charge is -2.18. The van der Waals surface area contributed by atoms with E-state index in [1.54, 1.807) is 36.4 Å². The molecule has 0 atom stereocenters. The van der Waals surface area contributed by atoms with Crippen molar-refractivity contribution in [2.24, 2.45) is 0 Å². The molecular formula is C13H11N3O2. The third-order valence-corrected chi connectivity index (χ3v) is 2.14. The molecule has 0 aliphatic carbocycles. The Morgan fingerprint density at radius 1 is 1.33 bits per heavy atom. The molecule has 90 valence electrons. The highest BCUT2D eigenvalue weighted by Gasteiger charge is 2.10. The van der Waals surface area contributed by atoms with E-state index >= 15 is 0 Å². The van der Waals surface area contributed by atoms with Gasteiger partial charge in [0.15, 0.2) is 0 Å². The number of rotatable bonds is 4. The van der Waals surface area contributed by atoms with Gasteiger partial charge in [0, 0.05) is 11.9 Å². The average molecular weight is 241 g/mol. The molecule has 0 aliphatic rings. The highest BCUT2D eigenvalue weighted by molar-refractivity contribution is 5.76. The molecule has 18 heavy (non-hydrogen) atoms. The van der Waals surface area contributed by atoms with Gasteiger partial charge in [0.05, 0.1) is 7.11 Å². The summed E-state index contributed by atoms with van der Waals surface area (Å²) in [5, 5.41) is 17.5. The summed E-state index contributed by atoms with van der Waals surface area (Å²) in [5.74, 6) is -0.453. The molecule has 0 unspecified atom stereocenters. The lowest BCUT2D eigenvalue weighted by molar-refractivity contribution is -0.138. The van der Waals surface area contributed by atoms with Crippen LogP contribution in [0, 0.1) is 22.7 Å². The number of allylic oxidation sites excluding steroid dienone is 1. The summed E-state index contributed by atoms with van der Waals surface area (Å²) in [5.41, 5.74) is 0.619. The topological polar surface area (TPSA) is 77.1 Å². The van der Waals surface area contributed by atoms with E-state index in [4.69, 9.17) is 10.5 Å². The van der Waals surface area contributed by atoms with E-state index < -0.39 is 5.97 Å². The highest BCUT2D eigenvalue weighted by Crippen LogP contribution is 2.14. The Morgan fingerprint density at radius 2 is 1.94 bits per heavy atom. The fraction of sp³-hybridized carbons (Fsp3) is 0.154. The maximum absolute atomic E-state index is 11.3. The van der Waals surface area contributed by atoms with Crippen molar-refractivity contribution >= 4 is 11.7 Å². The van der Waals surface area contributed by atoms with Gasteiger partial charge in [-0.05, 0) is 12.1 Å². The van der Waals surface area contributed by atoms with Gasteiger partial charge in [0.25, 0.3) is 0 Å². The molecule has 0 bridgehead atoms. The fourth-order valence-electron chi connectivity index (χ4n) is 1.27. The van der Waals surface area contributed by atoms with E-state index in [9.17, 15) is 4.79 Å². The molecule has 0 amide bonds. The predicted octanol–water partition coefficient (Wildman–Crippen LogP) is 1.60. The van der Waals surface area contributed by atoms with Gasteiger partial charge in [-0.2, -0.15) is 10.5 Å². The third kappa shape index (κ3) is 3.66. The number of nitrogens with zero attached hydrogens (tertiary/aromatic N) is 3. The normalized spacial score (nSPS) is 8.61. The first-order valence-corrected chi connectivity index (χ1v) is 5.11. The van der Waals surface area contributed by atoms with Gasteiger partial charge in [0.1, 0.15) is 24.3 Å². The molecule has 0 heterocycles. The van der Waals surface area contributed by atoms with E-state index in [0.29, 0.717) is 5.69 Å². The molecule has 0 saturated heterocycles. The van der Waals surface area contributed by atoms with Crippen LogP contribution in [0.15, 0.2) is 42.1 Å². The SMILES string of the molecule is COC(=O)CN(C=C(C#N)C#N)c1ccccc1. The molecular weight excluding hydrogens is 230 g/mol. The summed E-state index contributed by atoms with van der Waals surface area (Å²) in [6, 6.07) is 12.5. The molecule has 0 aromatic heterocycles. The first kappa shape index (κ1) is 13.3. The second-order valence-electron chi connectivity index (χ2n) is 3.31. The first-order valence-electron chi connectivity index (χ1n) is 5.11. The Bertz CT molecular complexity index is 507. The lowest BCUT2D eigenvalue weighted by atomic mass is 10.2. The molecule has 0 fully saturated rings. The quantitative estimate of drug-likeness (QED) is 0.591. The Kier molecular flexibility index (Phi) is 4.96. The molecule has 0 spiro atoms. The first-order chi connectivity index (χ1) is 8.71. The predicted molar refractivity (Wildman–Crippen MR) is 65.1 cm³/mol. The third-order valence-electron chi connectivity index (χ3n) is 2.14. The van der Waals surface area contributed by atoms with Crippen LogP contribution < -0.4 is 4.90 Å². The number of carbonyl (C=O) groups is 1. The number of methoxy groups -OCH3 is 1. The summed E-state index contributed by atoms with van der Waals surface area (Å²) < 4.78 is 4.58. The van der Waals surface area contributed by atoms with E-state index in [1.165, 1.54) is 18.2 Å². The molecule has 0 saturated carbocycles. The largest absolute Gasteiger partial charge is 0.468 e. The summed E-state index contributed by atoms with van der Waals surface area (Å²) in [4.78, 5) is 12.8. The van der Waals surface area contributed by atoms with Crippen molar-refractivity contribution in [1.29, 1.82) is 10.5 Å². The van der Waals surface area contributed by atoms with Crippen LogP contribution >= 0.6 is 0 Å². The van der Waals surface area contributed by atoms with Crippen LogP contribution in [-0.4, -0.2) is 19.6 Å². The number of anilines is 1. The monoisotopic (exact) mass is 241 g/mol. The van der Waals surface area contributed by atoms with E-state index in [-0.39, 0.29) is 12.1 Å². The van der Waals surface area contributed by atoms with Crippen LogP contribution in [0.2, 0.25) is 0 Å². The molecule has 0 N–H and O–H groups in total. The summed E-state index contributed by atoms with van der Waals surface area (Å²) >= 11 is 0. The Hall–Kier alpha value is -2.79. The van der Waals surface area contributed by atoms with Crippen molar-refractivity contribution in [2.75, 3.05) is 18.6 Å². The number of esters is 1. The van der Waals surface area contributed by atoms with Crippen molar-refractivity contribution in [3.05, 3.63) is 42.1 Å². The van der Waals surface area contributed by atoms with E-state index in [1.807, 2.05) is 6.07 Å². The molecule has 1 aromatic rings. The Morgan fingerprint density at radius 3 is 2.44 bits per heavy atom. The lowest BCUT2D eigenvalue weighted by Crippen LogP contribution is -2.26. The van der Waals surface area contributed by atoms with Crippen LogP contribution in [0.25, 0.3) is 0 Å². The van der Waals surface area contributed by atoms with Gasteiger partial charge in [-0.15, -0.1) is 0 Å². The van der Waals surface area contributed by atoms with E-state index in [2.05, 4.69) is 4.74 Å². The summed E-state index contributed by atoms with van der Waals surface area (Å²) in [6.07, 6.45) is 1.33. The minimum Gasteiger partial charge on any atom is -0.468 e. The number of benzene rings is 1. The van der Waals surface area contributed by atoms with Crippen LogP contribution in [0.1, 0.15) is 0 Å². The van der Waals surface area contributed by atoms with Gasteiger partial charge >= 0.3 is 5.97 Å². The van der Waals surface area contributed by atoms with Gasteiger partial charge < -0.3 is 9.64 Å². The number of carbonyl (C=O) groups excluding carboxylic acids is 1. The minimum absolute atomic E-state index is 0.0621. The molecule has 0 radical (unpaired) electrons. The van der Waals surface area contributed by atoms with Crippen LogP contribution in [-0.2, 0) is 9.53 Å². The van der Waals surface area contributed by atoms with Crippen molar-refractivity contribution in [1.82, 2.24) is 0 Å². The van der Waals surface area contributed by atoms with Crippen LogP contribution in [0.3, 0.4) is 0 Å². The highest BCUT2D eigenvalue weighted by atomic mass is 16.5. The minimum atomic E-state index is -0.453. The summed E-state index contributed by atoms with van der Waals surface area (Å²) in [7, 11) is 1.28. The maximum Gasteiger partial charge on any atom is 0.325 e. The Labute approximate surface area is 105 Å². The number of hydrogen-bond acceptors (Lipinski definition) is 5. The molecule has 0 aliphatic heterocycles. The molecule has 1 rings (SSSR count). The van der Waals surface area contributed by atoms with Crippen molar-refractivity contribution in [3.8, 4) is 12.1 Å². The molecule has 5 heteroatoms. The van der Waals surface area contributed by atoms with Crippen LogP contribution in [0.5, 0.6) is 0 Å². The Balaban J connectivity index is 3.05. The second kappa shape index (κ2) is 6.72. The zero-order chi connectivity index (χ0) is 13.4. The van der Waals surface area contributed by atoms with Crippen molar-refractivity contribution in [3.63, 3.8) is 0 Å². The number of ether oxygens (including phenoxy) is 1. The smallest absolute Gasteiger partial charge is 0.325 e. The average Bonchev–Trinajstić information content (AvgIpc) is 2.44. The number of para-hydroxylation sites is 1. The second-order valence-corrected chi connectivity index (χ2v) is 3.31. The zero-order valence-electron chi connectivity index (χ0n) is 9.83. The van der Waals surface area contributed by atoms with Gasteiger partial charge in [-0.3, -0.25) is 4.79 Å². The van der Waals surface area contributed by atoms with Crippen molar-refractivity contribution < 1.29 is 9.53 Å². The number of nitriles is 2. The standard InChI is InChI=1S/C13H11N3O2/c1-18-13(17)10-16(9-11(7-14)8-15)12-5-3-2-4-6-12/h2-6,9H,10H2,1H3. The van der Waals surface area contributed by atoms with Crippen molar-refractivity contribution in [2.45, 2.75) is 0 Å². The number of hydrogen-bond donors (Lipinski definition) is 0. The fourth-order valence-corrected chi connectivity index (χ4v) is 1.27. The molecule has 1 aromatic carbocycles. The summed E-state index contributed by atoms with van der Waals surface area (Å²) in [6.45, 7) is -0.0621. The zero-order valence-corrected chi connectivity index (χ0v) is 9.83. The van der Waals surface area contributed by atoms with E-state index in [0.717, 1.165) is 0 Å². The molecule has 5 nitrogen and oxygen atoms in total. The van der Waals surface area contributed by atoms with Crippen LogP contribution in [0.4, 0.5) is 5.69 Å². The van der Waals surface area contributed by atoms with Gasteiger partial charge in [-0.1, -0.05) is 18.2 Å². The van der Waals surface area contributed by atoms with Gasteiger partial charge in [-0.25, -0.2) is 0 Å². The van der Waals surface area contributed by atoms with Gasteiger partial charge in [0.2, 0.25) is 0 Å².